The minimum Gasteiger partial charge on any atom is -0.293 e. The lowest BCUT2D eigenvalue weighted by Gasteiger charge is -2.35. The van der Waals surface area contributed by atoms with Gasteiger partial charge in [0.15, 0.2) is 0 Å². The van der Waals surface area contributed by atoms with Crippen molar-refractivity contribution >= 4 is 0 Å². The minimum absolute atomic E-state index is 0.332. The third kappa shape index (κ3) is 3.92. The van der Waals surface area contributed by atoms with Crippen LogP contribution in [0.4, 0.5) is 35.1 Å². The molecule has 0 fully saturated rings. The van der Waals surface area contributed by atoms with Gasteiger partial charge in [-0.1, -0.05) is 12.2 Å². The third-order valence-corrected chi connectivity index (χ3v) is 1.98. The van der Waals surface area contributed by atoms with Gasteiger partial charge in [0, 0.05) is 12.8 Å². The summed E-state index contributed by atoms with van der Waals surface area (Å²) < 4.78 is 104. The summed E-state index contributed by atoms with van der Waals surface area (Å²) in [4.78, 5) is 0. The standard InChI is InChI=1S/C10H10F8O/c1-3-5-7(11,9(13,14)15)19-8(12,6-4-2)10(16,17)18/h3-4H,1-2,5-6H2. The fourth-order valence-corrected chi connectivity index (χ4v) is 1.06. The van der Waals surface area contributed by atoms with Crippen molar-refractivity contribution in [2.45, 2.75) is 36.9 Å². The summed E-state index contributed by atoms with van der Waals surface area (Å²) in [6.45, 7) is 5.51. The van der Waals surface area contributed by atoms with Crippen LogP contribution in [0.3, 0.4) is 0 Å². The van der Waals surface area contributed by atoms with Crippen molar-refractivity contribution in [2.24, 2.45) is 0 Å². The average molecular weight is 298 g/mol. The monoisotopic (exact) mass is 298 g/mol. The van der Waals surface area contributed by atoms with E-state index >= 15 is 0 Å². The zero-order valence-electron chi connectivity index (χ0n) is 9.42. The van der Waals surface area contributed by atoms with E-state index in [0.29, 0.717) is 12.2 Å². The Morgan fingerprint density at radius 2 is 0.947 bits per heavy atom. The molecule has 2 unspecified atom stereocenters. The fourth-order valence-electron chi connectivity index (χ4n) is 1.06. The topological polar surface area (TPSA) is 9.23 Å². The van der Waals surface area contributed by atoms with Crippen LogP contribution in [0.2, 0.25) is 0 Å². The highest BCUT2D eigenvalue weighted by Crippen LogP contribution is 2.47. The second-order valence-corrected chi connectivity index (χ2v) is 3.54. The third-order valence-electron chi connectivity index (χ3n) is 1.98. The van der Waals surface area contributed by atoms with E-state index in [9.17, 15) is 35.1 Å². The number of rotatable bonds is 6. The van der Waals surface area contributed by atoms with E-state index in [1.165, 1.54) is 0 Å². The zero-order chi connectivity index (χ0) is 15.5. The molecule has 0 aromatic heterocycles. The van der Waals surface area contributed by atoms with E-state index < -0.39 is 36.9 Å². The van der Waals surface area contributed by atoms with Crippen molar-refractivity contribution in [3.8, 4) is 0 Å². The van der Waals surface area contributed by atoms with Gasteiger partial charge in [0.05, 0.1) is 0 Å². The number of hydrogen-bond donors (Lipinski definition) is 0. The molecule has 0 saturated carbocycles. The Labute approximate surface area is 103 Å². The molecule has 0 spiro atoms. The summed E-state index contributed by atoms with van der Waals surface area (Å²) in [7, 11) is 0. The SMILES string of the molecule is C=CCC(F)(OC(F)(CC=C)C(F)(F)F)C(F)(F)F. The van der Waals surface area contributed by atoms with E-state index in [0.717, 1.165) is 0 Å². The molecule has 0 aliphatic carbocycles. The quantitative estimate of drug-likeness (QED) is 0.514. The maximum atomic E-state index is 13.5. The van der Waals surface area contributed by atoms with E-state index in [4.69, 9.17) is 0 Å². The van der Waals surface area contributed by atoms with Crippen molar-refractivity contribution in [1.29, 1.82) is 0 Å². The Morgan fingerprint density at radius 3 is 1.11 bits per heavy atom. The van der Waals surface area contributed by atoms with E-state index in [2.05, 4.69) is 17.9 Å². The summed E-state index contributed by atoms with van der Waals surface area (Å²) in [5, 5.41) is 0. The Morgan fingerprint density at radius 1 is 0.684 bits per heavy atom. The van der Waals surface area contributed by atoms with Crippen LogP contribution in [0, 0.1) is 0 Å². The first-order chi connectivity index (χ1) is 8.33. The molecule has 0 aliphatic heterocycles. The predicted molar refractivity (Wildman–Crippen MR) is 50.5 cm³/mol. The highest BCUT2D eigenvalue weighted by atomic mass is 19.4. The molecular weight excluding hydrogens is 288 g/mol. The maximum absolute atomic E-state index is 13.5. The lowest BCUT2D eigenvalue weighted by molar-refractivity contribution is -0.431. The molecule has 0 radical (unpaired) electrons. The lowest BCUT2D eigenvalue weighted by Crippen LogP contribution is -2.54. The van der Waals surface area contributed by atoms with Crippen molar-refractivity contribution < 1.29 is 39.9 Å². The normalized spacial score (nSPS) is 19.4. The molecule has 0 aromatic carbocycles. The highest BCUT2D eigenvalue weighted by molar-refractivity contribution is 4.93. The Bertz CT molecular complexity index is 301. The second-order valence-electron chi connectivity index (χ2n) is 3.54. The van der Waals surface area contributed by atoms with Crippen molar-refractivity contribution in [3.63, 3.8) is 0 Å². The first-order valence-electron chi connectivity index (χ1n) is 4.76. The molecule has 0 bridgehead atoms. The molecule has 19 heavy (non-hydrogen) atoms. The summed E-state index contributed by atoms with van der Waals surface area (Å²) in [5.74, 6) is -9.66. The van der Waals surface area contributed by atoms with Gasteiger partial charge >= 0.3 is 24.1 Å². The van der Waals surface area contributed by atoms with E-state index in [1.54, 1.807) is 0 Å². The van der Waals surface area contributed by atoms with Gasteiger partial charge in [-0.25, -0.2) is 8.78 Å². The van der Waals surface area contributed by atoms with Gasteiger partial charge in [-0.05, 0) is 0 Å². The molecular formula is C10H10F8O. The van der Waals surface area contributed by atoms with Crippen molar-refractivity contribution in [3.05, 3.63) is 25.3 Å². The van der Waals surface area contributed by atoms with Crippen molar-refractivity contribution in [2.75, 3.05) is 0 Å². The Hall–Kier alpha value is -1.12. The molecule has 0 aliphatic rings. The largest absolute Gasteiger partial charge is 0.448 e. The van der Waals surface area contributed by atoms with Gasteiger partial charge < -0.3 is 0 Å². The summed E-state index contributed by atoms with van der Waals surface area (Å²) in [6.07, 6.45) is -14.4. The summed E-state index contributed by atoms with van der Waals surface area (Å²) in [5.41, 5.74) is 0. The minimum atomic E-state index is -5.86. The lowest BCUT2D eigenvalue weighted by atomic mass is 10.1. The molecule has 2 atom stereocenters. The molecule has 0 saturated heterocycles. The van der Waals surface area contributed by atoms with Crippen LogP contribution in [-0.4, -0.2) is 24.1 Å². The number of ether oxygens (including phenoxy) is 1. The molecule has 0 amide bonds. The Balaban J connectivity index is 5.52. The van der Waals surface area contributed by atoms with Gasteiger partial charge in [0.2, 0.25) is 0 Å². The van der Waals surface area contributed by atoms with Crippen LogP contribution in [-0.2, 0) is 4.74 Å². The molecule has 1 nitrogen and oxygen atoms in total. The van der Waals surface area contributed by atoms with Gasteiger partial charge in [0.1, 0.15) is 0 Å². The summed E-state index contributed by atoms with van der Waals surface area (Å²) in [6, 6.07) is 0. The molecule has 112 valence electrons. The predicted octanol–water partition coefficient (Wildman–Crippen LogP) is 4.61. The molecule has 0 heterocycles. The molecule has 9 heteroatoms. The van der Waals surface area contributed by atoms with Gasteiger partial charge in [-0.15, -0.1) is 13.2 Å². The van der Waals surface area contributed by atoms with Crippen LogP contribution in [0.25, 0.3) is 0 Å². The fraction of sp³-hybridized carbons (Fsp3) is 0.600. The first kappa shape index (κ1) is 17.9. The summed E-state index contributed by atoms with van der Waals surface area (Å²) >= 11 is 0. The first-order valence-corrected chi connectivity index (χ1v) is 4.76. The number of hydrogen-bond acceptors (Lipinski definition) is 1. The second kappa shape index (κ2) is 5.48. The molecule has 0 aromatic rings. The van der Waals surface area contributed by atoms with Gasteiger partial charge in [-0.3, -0.25) is 4.74 Å². The number of alkyl halides is 8. The van der Waals surface area contributed by atoms with Crippen LogP contribution in [0.1, 0.15) is 12.8 Å². The number of halogens is 8. The van der Waals surface area contributed by atoms with Crippen LogP contribution < -0.4 is 0 Å². The van der Waals surface area contributed by atoms with Crippen LogP contribution in [0.5, 0.6) is 0 Å². The molecule has 0 rings (SSSR count). The zero-order valence-corrected chi connectivity index (χ0v) is 9.42. The van der Waals surface area contributed by atoms with E-state index in [-0.39, 0.29) is 0 Å². The highest BCUT2D eigenvalue weighted by Gasteiger charge is 2.67. The Kier molecular flexibility index (Phi) is 5.15. The van der Waals surface area contributed by atoms with Crippen LogP contribution in [0.15, 0.2) is 25.3 Å². The maximum Gasteiger partial charge on any atom is 0.448 e. The molecule has 0 N–H and O–H groups in total. The average Bonchev–Trinajstić information content (AvgIpc) is 2.14. The smallest absolute Gasteiger partial charge is 0.293 e. The van der Waals surface area contributed by atoms with E-state index in [1.807, 2.05) is 0 Å². The van der Waals surface area contributed by atoms with Crippen molar-refractivity contribution in [1.82, 2.24) is 0 Å². The van der Waals surface area contributed by atoms with Crippen LogP contribution >= 0.6 is 0 Å². The van der Waals surface area contributed by atoms with Gasteiger partial charge in [-0.2, -0.15) is 26.3 Å². The van der Waals surface area contributed by atoms with Gasteiger partial charge in [0.25, 0.3) is 0 Å².